The van der Waals surface area contributed by atoms with Gasteiger partial charge in [0.05, 0.1) is 12.5 Å². The molecule has 0 saturated carbocycles. The molecule has 2 aromatic carbocycles. The Morgan fingerprint density at radius 2 is 1.76 bits per heavy atom. The molecular weight excluding hydrogens is 217 g/mol. The first-order chi connectivity index (χ1) is 8.28. The van der Waals surface area contributed by atoms with E-state index in [1.165, 1.54) is 12.1 Å². The monoisotopic (exact) mass is 227 g/mol. The van der Waals surface area contributed by atoms with E-state index in [0.29, 0.717) is 17.9 Å². The summed E-state index contributed by atoms with van der Waals surface area (Å²) in [5, 5.41) is 8.60. The molecule has 0 spiro atoms. The van der Waals surface area contributed by atoms with Crippen molar-refractivity contribution < 1.29 is 9.13 Å². The van der Waals surface area contributed by atoms with Crippen molar-refractivity contribution >= 4 is 0 Å². The predicted octanol–water partition coefficient (Wildman–Crippen LogP) is 3.68. The first-order valence-electron chi connectivity index (χ1n) is 5.17. The number of halogens is 1. The van der Waals surface area contributed by atoms with Gasteiger partial charge in [0.1, 0.15) is 17.3 Å². The molecule has 0 aliphatic heterocycles. The summed E-state index contributed by atoms with van der Waals surface area (Å²) in [6.07, 6.45) is 0.334. The maximum atomic E-state index is 12.9. The van der Waals surface area contributed by atoms with E-state index in [4.69, 9.17) is 10.00 Å². The summed E-state index contributed by atoms with van der Waals surface area (Å²) in [5.74, 6) is 0.707. The van der Waals surface area contributed by atoms with Crippen molar-refractivity contribution in [3.63, 3.8) is 0 Å². The van der Waals surface area contributed by atoms with Crippen LogP contribution in [0.3, 0.4) is 0 Å². The molecule has 0 atom stereocenters. The van der Waals surface area contributed by atoms with Gasteiger partial charge in [0, 0.05) is 6.07 Å². The third-order valence-corrected chi connectivity index (χ3v) is 2.21. The second-order valence-electron chi connectivity index (χ2n) is 3.54. The standard InChI is InChI=1S/C14H10FNO/c15-12-4-2-6-14(10-12)17-13-5-1-3-11(9-13)7-8-16/h1-6,9-10H,7H2. The van der Waals surface area contributed by atoms with Crippen LogP contribution in [0.5, 0.6) is 11.5 Å². The van der Waals surface area contributed by atoms with E-state index in [9.17, 15) is 4.39 Å². The van der Waals surface area contributed by atoms with E-state index in [-0.39, 0.29) is 5.82 Å². The van der Waals surface area contributed by atoms with Gasteiger partial charge in [-0.1, -0.05) is 18.2 Å². The van der Waals surface area contributed by atoms with Crippen molar-refractivity contribution in [1.82, 2.24) is 0 Å². The SMILES string of the molecule is N#CCc1cccc(Oc2cccc(F)c2)c1. The summed E-state index contributed by atoms with van der Waals surface area (Å²) in [5.41, 5.74) is 0.876. The molecule has 0 aliphatic rings. The first kappa shape index (κ1) is 11.2. The van der Waals surface area contributed by atoms with Crippen molar-refractivity contribution in [1.29, 1.82) is 5.26 Å². The lowest BCUT2D eigenvalue weighted by molar-refractivity contribution is 0.476. The highest BCUT2D eigenvalue weighted by molar-refractivity contribution is 5.34. The molecule has 17 heavy (non-hydrogen) atoms. The zero-order valence-electron chi connectivity index (χ0n) is 9.06. The number of hydrogen-bond acceptors (Lipinski definition) is 2. The third kappa shape index (κ3) is 3.05. The van der Waals surface area contributed by atoms with Gasteiger partial charge in [-0.3, -0.25) is 0 Å². The molecule has 2 aromatic rings. The fraction of sp³-hybridized carbons (Fsp3) is 0.0714. The largest absolute Gasteiger partial charge is 0.457 e. The molecule has 0 saturated heterocycles. The molecule has 0 aromatic heterocycles. The average Bonchev–Trinajstić information content (AvgIpc) is 2.30. The van der Waals surface area contributed by atoms with Gasteiger partial charge in [-0.05, 0) is 29.8 Å². The van der Waals surface area contributed by atoms with Crippen molar-refractivity contribution in [2.75, 3.05) is 0 Å². The van der Waals surface area contributed by atoms with Gasteiger partial charge in [0.25, 0.3) is 0 Å². The fourth-order valence-corrected chi connectivity index (χ4v) is 1.48. The fourth-order valence-electron chi connectivity index (χ4n) is 1.48. The van der Waals surface area contributed by atoms with Crippen LogP contribution in [-0.4, -0.2) is 0 Å². The molecule has 3 heteroatoms. The quantitative estimate of drug-likeness (QED) is 0.801. The van der Waals surface area contributed by atoms with E-state index in [1.54, 1.807) is 30.3 Å². The summed E-state index contributed by atoms with van der Waals surface area (Å²) in [6.45, 7) is 0. The van der Waals surface area contributed by atoms with Crippen molar-refractivity contribution in [3.8, 4) is 17.6 Å². The summed E-state index contributed by atoms with van der Waals surface area (Å²) in [7, 11) is 0. The van der Waals surface area contributed by atoms with Crippen LogP contribution in [0.4, 0.5) is 4.39 Å². The summed E-state index contributed by atoms with van der Waals surface area (Å²) in [4.78, 5) is 0. The lowest BCUT2D eigenvalue weighted by atomic mass is 10.1. The Bertz CT molecular complexity index is 560. The molecule has 0 unspecified atom stereocenters. The highest BCUT2D eigenvalue weighted by atomic mass is 19.1. The van der Waals surface area contributed by atoms with Gasteiger partial charge < -0.3 is 4.74 Å². The topological polar surface area (TPSA) is 33.0 Å². The number of nitriles is 1. The molecule has 0 fully saturated rings. The summed E-state index contributed by atoms with van der Waals surface area (Å²) < 4.78 is 18.4. The zero-order valence-corrected chi connectivity index (χ0v) is 9.06. The maximum Gasteiger partial charge on any atom is 0.130 e. The molecule has 84 valence electrons. The van der Waals surface area contributed by atoms with Crippen LogP contribution in [0.25, 0.3) is 0 Å². The van der Waals surface area contributed by atoms with Gasteiger partial charge >= 0.3 is 0 Å². The van der Waals surface area contributed by atoms with Crippen LogP contribution in [0.1, 0.15) is 5.56 Å². The average molecular weight is 227 g/mol. The molecule has 2 nitrogen and oxygen atoms in total. The van der Waals surface area contributed by atoms with Crippen LogP contribution < -0.4 is 4.74 Å². The van der Waals surface area contributed by atoms with E-state index in [1.807, 2.05) is 6.07 Å². The smallest absolute Gasteiger partial charge is 0.130 e. The van der Waals surface area contributed by atoms with Gasteiger partial charge in [-0.2, -0.15) is 5.26 Å². The number of rotatable bonds is 3. The Labute approximate surface area is 98.9 Å². The lowest BCUT2D eigenvalue weighted by Crippen LogP contribution is -1.87. The van der Waals surface area contributed by atoms with Crippen LogP contribution >= 0.6 is 0 Å². The van der Waals surface area contributed by atoms with E-state index in [0.717, 1.165) is 5.56 Å². The van der Waals surface area contributed by atoms with Crippen molar-refractivity contribution in [2.45, 2.75) is 6.42 Å². The maximum absolute atomic E-state index is 12.9. The van der Waals surface area contributed by atoms with Crippen molar-refractivity contribution in [2.24, 2.45) is 0 Å². The molecule has 2 rings (SSSR count). The van der Waals surface area contributed by atoms with E-state index >= 15 is 0 Å². The van der Waals surface area contributed by atoms with E-state index in [2.05, 4.69) is 6.07 Å². The van der Waals surface area contributed by atoms with Gasteiger partial charge in [0.15, 0.2) is 0 Å². The summed E-state index contributed by atoms with van der Waals surface area (Å²) in [6, 6.07) is 15.2. The Morgan fingerprint density at radius 3 is 2.47 bits per heavy atom. The minimum absolute atomic E-state index is 0.334. The normalized spacial score (nSPS) is 9.65. The zero-order chi connectivity index (χ0) is 12.1. The molecule has 0 amide bonds. The number of ether oxygens (including phenoxy) is 1. The minimum Gasteiger partial charge on any atom is -0.457 e. The molecular formula is C14H10FNO. The number of hydrogen-bond donors (Lipinski definition) is 0. The summed E-state index contributed by atoms with van der Waals surface area (Å²) >= 11 is 0. The third-order valence-electron chi connectivity index (χ3n) is 2.21. The van der Waals surface area contributed by atoms with Gasteiger partial charge in [-0.15, -0.1) is 0 Å². The molecule has 0 N–H and O–H groups in total. The molecule has 0 aliphatic carbocycles. The van der Waals surface area contributed by atoms with Crippen molar-refractivity contribution in [3.05, 3.63) is 59.9 Å². The number of nitrogens with zero attached hydrogens (tertiary/aromatic N) is 1. The van der Waals surface area contributed by atoms with E-state index < -0.39 is 0 Å². The second-order valence-corrected chi connectivity index (χ2v) is 3.54. The highest BCUT2D eigenvalue weighted by Gasteiger charge is 2.00. The predicted molar refractivity (Wildman–Crippen MR) is 62.2 cm³/mol. The Kier molecular flexibility index (Phi) is 3.37. The second kappa shape index (κ2) is 5.13. The van der Waals surface area contributed by atoms with Gasteiger partial charge in [0.2, 0.25) is 0 Å². The van der Waals surface area contributed by atoms with Crippen LogP contribution in [0.2, 0.25) is 0 Å². The first-order valence-corrected chi connectivity index (χ1v) is 5.17. The number of benzene rings is 2. The van der Waals surface area contributed by atoms with Crippen LogP contribution in [0.15, 0.2) is 48.5 Å². The lowest BCUT2D eigenvalue weighted by Gasteiger charge is -2.06. The van der Waals surface area contributed by atoms with Gasteiger partial charge in [-0.25, -0.2) is 4.39 Å². The minimum atomic E-state index is -0.337. The molecule has 0 radical (unpaired) electrons. The Hall–Kier alpha value is -2.34. The van der Waals surface area contributed by atoms with Crippen LogP contribution in [0, 0.1) is 17.1 Å². The Morgan fingerprint density at radius 1 is 1.06 bits per heavy atom. The highest BCUT2D eigenvalue weighted by Crippen LogP contribution is 2.22. The molecule has 0 bridgehead atoms. The Balaban J connectivity index is 2.19. The molecule has 0 heterocycles. The van der Waals surface area contributed by atoms with Crippen LogP contribution in [-0.2, 0) is 6.42 Å².